The van der Waals surface area contributed by atoms with Crippen molar-refractivity contribution in [1.82, 2.24) is 5.32 Å². The van der Waals surface area contributed by atoms with Crippen LogP contribution in [0.3, 0.4) is 0 Å². The highest BCUT2D eigenvalue weighted by atomic mass is 32.1. The first kappa shape index (κ1) is 15.6. The highest BCUT2D eigenvalue weighted by Crippen LogP contribution is 2.34. The number of thiophene rings is 1. The molecule has 1 atom stereocenters. The van der Waals surface area contributed by atoms with Crippen LogP contribution in [0.5, 0.6) is 5.75 Å². The molecule has 0 fully saturated rings. The van der Waals surface area contributed by atoms with Crippen molar-refractivity contribution in [2.24, 2.45) is 0 Å². The minimum absolute atomic E-state index is 0.433. The summed E-state index contributed by atoms with van der Waals surface area (Å²) in [6.07, 6.45) is 0.733. The number of anilines is 1. The van der Waals surface area contributed by atoms with Crippen molar-refractivity contribution in [3.05, 3.63) is 46.2 Å². The molecule has 6 heteroatoms. The molecule has 0 saturated carbocycles. The summed E-state index contributed by atoms with van der Waals surface area (Å²) in [6.45, 7) is 3.88. The molecule has 120 valence electrons. The van der Waals surface area contributed by atoms with Crippen LogP contribution < -0.4 is 15.4 Å². The second kappa shape index (κ2) is 6.04. The van der Waals surface area contributed by atoms with Gasteiger partial charge in [0, 0.05) is 11.4 Å². The number of carbonyl (C=O) groups is 2. The Bertz CT molecular complexity index is 742. The molecular weight excluding hydrogens is 312 g/mol. The number of benzene rings is 1. The first-order valence-corrected chi connectivity index (χ1v) is 8.29. The average molecular weight is 330 g/mol. The number of rotatable bonds is 4. The van der Waals surface area contributed by atoms with Crippen LogP contribution >= 0.6 is 11.3 Å². The van der Waals surface area contributed by atoms with E-state index in [-0.39, 0.29) is 0 Å². The summed E-state index contributed by atoms with van der Waals surface area (Å²) < 4.78 is 5.71. The molecule has 1 unspecified atom stereocenters. The second-order valence-corrected chi connectivity index (χ2v) is 6.71. The Morgan fingerprint density at radius 2 is 2.22 bits per heavy atom. The predicted octanol–water partition coefficient (Wildman–Crippen LogP) is 2.51. The molecule has 0 spiro atoms. The van der Waals surface area contributed by atoms with Gasteiger partial charge in [0.15, 0.2) is 0 Å². The van der Waals surface area contributed by atoms with Crippen molar-refractivity contribution < 1.29 is 14.3 Å². The minimum atomic E-state index is -1.56. The standard InChI is InChI=1S/C17H18N2O3S/c1-11-5-6-14-13(10-11)19-16(21)17(2,22-14)15(20)18-8-7-12-4-3-9-23-12/h3-6,9-10H,7-8H2,1-2H3,(H,18,20)(H,19,21). The number of hydrogen-bond acceptors (Lipinski definition) is 4. The van der Waals surface area contributed by atoms with Gasteiger partial charge in [0.2, 0.25) is 0 Å². The van der Waals surface area contributed by atoms with Gasteiger partial charge >= 0.3 is 0 Å². The van der Waals surface area contributed by atoms with E-state index in [0.29, 0.717) is 18.0 Å². The zero-order valence-corrected chi connectivity index (χ0v) is 13.8. The fourth-order valence-electron chi connectivity index (χ4n) is 2.41. The molecule has 1 aliphatic heterocycles. The van der Waals surface area contributed by atoms with Gasteiger partial charge in [-0.25, -0.2) is 0 Å². The van der Waals surface area contributed by atoms with Gasteiger partial charge in [0.1, 0.15) is 5.75 Å². The monoisotopic (exact) mass is 330 g/mol. The second-order valence-electron chi connectivity index (χ2n) is 5.67. The van der Waals surface area contributed by atoms with Gasteiger partial charge in [0.05, 0.1) is 5.69 Å². The summed E-state index contributed by atoms with van der Waals surface area (Å²) in [5.41, 5.74) is 0.0491. The van der Waals surface area contributed by atoms with Crippen LogP contribution in [0.1, 0.15) is 17.4 Å². The molecular formula is C17H18N2O3S. The van der Waals surface area contributed by atoms with Gasteiger partial charge in [-0.05, 0) is 49.4 Å². The highest BCUT2D eigenvalue weighted by Gasteiger charge is 2.47. The summed E-state index contributed by atoms with van der Waals surface area (Å²) in [4.78, 5) is 26.0. The van der Waals surface area contributed by atoms with E-state index in [4.69, 9.17) is 4.74 Å². The lowest BCUT2D eigenvalue weighted by atomic mass is 10.0. The quantitative estimate of drug-likeness (QED) is 0.847. The van der Waals surface area contributed by atoms with Crippen LogP contribution in [-0.2, 0) is 16.0 Å². The number of aryl methyl sites for hydroxylation is 1. The van der Waals surface area contributed by atoms with Crippen molar-refractivity contribution in [2.45, 2.75) is 25.9 Å². The minimum Gasteiger partial charge on any atom is -0.466 e. The Balaban J connectivity index is 1.69. The average Bonchev–Trinajstić information content (AvgIpc) is 3.02. The molecule has 0 radical (unpaired) electrons. The molecule has 5 nitrogen and oxygen atoms in total. The summed E-state index contributed by atoms with van der Waals surface area (Å²) in [5.74, 6) is -0.381. The van der Waals surface area contributed by atoms with Crippen LogP contribution in [-0.4, -0.2) is 24.0 Å². The molecule has 2 N–H and O–H groups in total. The molecule has 1 aromatic carbocycles. The molecule has 1 aromatic heterocycles. The maximum absolute atomic E-state index is 12.4. The lowest BCUT2D eigenvalue weighted by Gasteiger charge is -2.33. The third-order valence-corrected chi connectivity index (χ3v) is 4.74. The van der Waals surface area contributed by atoms with Crippen molar-refractivity contribution in [3.8, 4) is 5.75 Å². The Morgan fingerprint density at radius 3 is 2.96 bits per heavy atom. The number of carbonyl (C=O) groups excluding carboxylic acids is 2. The number of ether oxygens (including phenoxy) is 1. The number of nitrogens with one attached hydrogen (secondary N) is 2. The summed E-state index contributed by atoms with van der Waals surface area (Å²) >= 11 is 1.64. The van der Waals surface area contributed by atoms with E-state index in [0.717, 1.165) is 12.0 Å². The number of hydrogen-bond donors (Lipinski definition) is 2. The summed E-state index contributed by atoms with van der Waals surface area (Å²) in [6, 6.07) is 9.45. The maximum Gasteiger partial charge on any atom is 0.278 e. The first-order chi connectivity index (χ1) is 11.0. The van der Waals surface area contributed by atoms with Crippen LogP contribution in [0, 0.1) is 6.92 Å². The topological polar surface area (TPSA) is 67.4 Å². The van der Waals surface area contributed by atoms with Crippen molar-refractivity contribution in [1.29, 1.82) is 0 Å². The normalized spacial score (nSPS) is 19.5. The van der Waals surface area contributed by atoms with E-state index in [1.54, 1.807) is 17.4 Å². The van der Waals surface area contributed by atoms with E-state index in [1.165, 1.54) is 11.8 Å². The SMILES string of the molecule is Cc1ccc2c(c1)NC(=O)C(C)(C(=O)NCCc1cccs1)O2. The lowest BCUT2D eigenvalue weighted by molar-refractivity contribution is -0.146. The molecule has 23 heavy (non-hydrogen) atoms. The number of fused-ring (bicyclic) bond motifs is 1. The first-order valence-electron chi connectivity index (χ1n) is 7.41. The van der Waals surface area contributed by atoms with Crippen molar-refractivity contribution in [3.63, 3.8) is 0 Å². The van der Waals surface area contributed by atoms with E-state index in [1.807, 2.05) is 36.6 Å². The Kier molecular flexibility index (Phi) is 4.09. The van der Waals surface area contributed by atoms with Crippen molar-refractivity contribution in [2.75, 3.05) is 11.9 Å². The van der Waals surface area contributed by atoms with Gasteiger partial charge < -0.3 is 15.4 Å². The molecule has 2 amide bonds. The molecule has 2 heterocycles. The fourth-order valence-corrected chi connectivity index (χ4v) is 3.12. The van der Waals surface area contributed by atoms with Crippen LogP contribution in [0.4, 0.5) is 5.69 Å². The van der Waals surface area contributed by atoms with E-state index >= 15 is 0 Å². The summed E-state index contributed by atoms with van der Waals surface area (Å²) in [5, 5.41) is 7.53. The Morgan fingerprint density at radius 1 is 1.39 bits per heavy atom. The molecule has 0 saturated heterocycles. The third-order valence-electron chi connectivity index (χ3n) is 3.80. The predicted molar refractivity (Wildman–Crippen MR) is 89.9 cm³/mol. The van der Waals surface area contributed by atoms with Crippen LogP contribution in [0.15, 0.2) is 35.7 Å². The highest BCUT2D eigenvalue weighted by molar-refractivity contribution is 7.09. The smallest absolute Gasteiger partial charge is 0.278 e. The van der Waals surface area contributed by atoms with Gasteiger partial charge in [-0.1, -0.05) is 12.1 Å². The largest absolute Gasteiger partial charge is 0.466 e. The third kappa shape index (κ3) is 3.07. The fraction of sp³-hybridized carbons (Fsp3) is 0.294. The molecule has 3 rings (SSSR count). The Hall–Kier alpha value is -2.34. The molecule has 0 bridgehead atoms. The zero-order valence-electron chi connectivity index (χ0n) is 13.0. The van der Waals surface area contributed by atoms with E-state index in [9.17, 15) is 9.59 Å². The molecule has 1 aliphatic rings. The van der Waals surface area contributed by atoms with Gasteiger partial charge in [-0.3, -0.25) is 9.59 Å². The van der Waals surface area contributed by atoms with Crippen molar-refractivity contribution >= 4 is 28.8 Å². The number of amides is 2. The molecule has 2 aromatic rings. The van der Waals surface area contributed by atoms with E-state index < -0.39 is 17.4 Å². The van der Waals surface area contributed by atoms with Crippen LogP contribution in [0.25, 0.3) is 0 Å². The zero-order chi connectivity index (χ0) is 16.4. The molecule has 0 aliphatic carbocycles. The maximum atomic E-state index is 12.4. The lowest BCUT2D eigenvalue weighted by Crippen LogP contribution is -2.58. The van der Waals surface area contributed by atoms with Crippen LogP contribution in [0.2, 0.25) is 0 Å². The van der Waals surface area contributed by atoms with E-state index in [2.05, 4.69) is 10.6 Å². The van der Waals surface area contributed by atoms with Gasteiger partial charge in [-0.15, -0.1) is 11.3 Å². The van der Waals surface area contributed by atoms with Gasteiger partial charge in [0.25, 0.3) is 17.4 Å². The van der Waals surface area contributed by atoms with Gasteiger partial charge in [-0.2, -0.15) is 0 Å². The Labute approximate surface area is 138 Å². The summed E-state index contributed by atoms with van der Waals surface area (Å²) in [7, 11) is 0.